The highest BCUT2D eigenvalue weighted by Gasteiger charge is 2.22. The quantitative estimate of drug-likeness (QED) is 0.586. The van der Waals surface area contributed by atoms with Gasteiger partial charge in [-0.3, -0.25) is 9.79 Å². The number of aryl methyl sites for hydroxylation is 1. The van der Waals surface area contributed by atoms with E-state index in [2.05, 4.69) is 31.3 Å². The van der Waals surface area contributed by atoms with Crippen molar-refractivity contribution < 1.29 is 18.0 Å². The van der Waals surface area contributed by atoms with Crippen molar-refractivity contribution in [2.75, 3.05) is 5.32 Å². The summed E-state index contributed by atoms with van der Waals surface area (Å²) < 4.78 is 40.8. The van der Waals surface area contributed by atoms with Crippen LogP contribution < -0.4 is 5.32 Å². The minimum absolute atomic E-state index is 0.0491. The molecule has 9 heteroatoms. The molecule has 0 aliphatic carbocycles. The van der Waals surface area contributed by atoms with Crippen molar-refractivity contribution >= 4 is 33.2 Å². The summed E-state index contributed by atoms with van der Waals surface area (Å²) in [5.74, 6) is -1.21. The van der Waals surface area contributed by atoms with E-state index in [9.17, 15) is 18.0 Å². The largest absolute Gasteiger partial charge is 0.333 e. The number of benzene rings is 2. The highest BCUT2D eigenvalue weighted by atomic mass is 79.9. The summed E-state index contributed by atoms with van der Waals surface area (Å²) >= 11 is 3.09. The lowest BCUT2D eigenvalue weighted by molar-refractivity contribution is 0.0566. The fraction of sp³-hybridized carbons (Fsp3) is 0.150. The van der Waals surface area contributed by atoms with Crippen LogP contribution in [0.15, 0.2) is 52.2 Å². The number of aromatic nitrogens is 2. The molecule has 5 nitrogen and oxygen atoms in total. The number of anilines is 1. The zero-order valence-corrected chi connectivity index (χ0v) is 16.7. The molecule has 3 aromatic rings. The number of rotatable bonds is 4. The van der Waals surface area contributed by atoms with Gasteiger partial charge < -0.3 is 5.32 Å². The van der Waals surface area contributed by atoms with Gasteiger partial charge in [0, 0.05) is 23.0 Å². The molecule has 1 N–H and O–H groups in total. The van der Waals surface area contributed by atoms with Crippen LogP contribution in [0.25, 0.3) is 0 Å². The van der Waals surface area contributed by atoms with Crippen molar-refractivity contribution in [1.82, 2.24) is 9.78 Å². The second kappa shape index (κ2) is 7.47. The third-order valence-corrected chi connectivity index (χ3v) is 5.25. The predicted molar refractivity (Wildman–Crippen MR) is 106 cm³/mol. The van der Waals surface area contributed by atoms with Crippen LogP contribution in [0.2, 0.25) is 0 Å². The maximum atomic E-state index is 14.4. The third-order valence-electron chi connectivity index (χ3n) is 4.64. The molecule has 2 heterocycles. The highest BCUT2D eigenvalue weighted by molar-refractivity contribution is 9.10. The molecule has 4 rings (SSSR count). The number of fused-ring (bicyclic) bond motifs is 1. The SMILES string of the molecule is Cc1ccc(Br)c(F)c1C(=O)Nc1ccc2c(c1)C(c1cnn(C(F)F)c1)=NC2. The van der Waals surface area contributed by atoms with Gasteiger partial charge in [-0.15, -0.1) is 0 Å². The number of aliphatic imine (C=N–C) groups is 1. The van der Waals surface area contributed by atoms with E-state index < -0.39 is 18.3 Å². The van der Waals surface area contributed by atoms with E-state index in [1.807, 2.05) is 0 Å². The fourth-order valence-corrected chi connectivity index (χ4v) is 3.53. The second-order valence-corrected chi connectivity index (χ2v) is 7.39. The van der Waals surface area contributed by atoms with Gasteiger partial charge in [-0.2, -0.15) is 13.9 Å². The minimum Gasteiger partial charge on any atom is -0.322 e. The first kappa shape index (κ1) is 19.4. The number of alkyl halides is 2. The summed E-state index contributed by atoms with van der Waals surface area (Å²) in [6, 6.07) is 8.38. The summed E-state index contributed by atoms with van der Waals surface area (Å²) in [6.07, 6.45) is 2.55. The van der Waals surface area contributed by atoms with Gasteiger partial charge in [0.1, 0.15) is 5.82 Å². The molecule has 0 spiro atoms. The van der Waals surface area contributed by atoms with E-state index in [0.717, 1.165) is 5.56 Å². The Morgan fingerprint density at radius 2 is 2.07 bits per heavy atom. The van der Waals surface area contributed by atoms with E-state index in [0.29, 0.717) is 39.3 Å². The molecule has 0 unspecified atom stereocenters. The van der Waals surface area contributed by atoms with Gasteiger partial charge in [-0.05, 0) is 52.2 Å². The predicted octanol–water partition coefficient (Wildman–Crippen LogP) is 5.09. The van der Waals surface area contributed by atoms with Crippen LogP contribution in [0.5, 0.6) is 0 Å². The maximum Gasteiger partial charge on any atom is 0.333 e. The minimum atomic E-state index is -2.74. The molecular weight excluding hydrogens is 449 g/mol. The molecule has 0 saturated carbocycles. The molecule has 1 aliphatic heterocycles. The molecule has 1 amide bonds. The summed E-state index contributed by atoms with van der Waals surface area (Å²) in [5.41, 5.74) is 3.49. The first-order valence-electron chi connectivity index (χ1n) is 8.61. The normalized spacial score (nSPS) is 12.8. The number of carbonyl (C=O) groups excluding carboxylic acids is 1. The number of carbonyl (C=O) groups is 1. The number of hydrogen-bond donors (Lipinski definition) is 1. The summed E-state index contributed by atoms with van der Waals surface area (Å²) in [7, 11) is 0. The lowest BCUT2D eigenvalue weighted by atomic mass is 10.0. The Kier molecular flexibility index (Phi) is 4.99. The van der Waals surface area contributed by atoms with Gasteiger partial charge in [0.25, 0.3) is 5.91 Å². The van der Waals surface area contributed by atoms with Crippen LogP contribution in [-0.2, 0) is 6.54 Å². The fourth-order valence-electron chi connectivity index (χ4n) is 3.20. The second-order valence-electron chi connectivity index (χ2n) is 6.53. The van der Waals surface area contributed by atoms with Crippen molar-refractivity contribution in [2.45, 2.75) is 20.0 Å². The van der Waals surface area contributed by atoms with Crippen molar-refractivity contribution in [3.05, 3.63) is 80.8 Å². The van der Waals surface area contributed by atoms with E-state index >= 15 is 0 Å². The average molecular weight is 463 g/mol. The van der Waals surface area contributed by atoms with Crippen LogP contribution in [0.1, 0.15) is 39.2 Å². The van der Waals surface area contributed by atoms with Crippen LogP contribution in [0.3, 0.4) is 0 Å². The molecule has 0 radical (unpaired) electrons. The van der Waals surface area contributed by atoms with Gasteiger partial charge >= 0.3 is 6.55 Å². The zero-order chi connectivity index (χ0) is 20.7. The molecular formula is C20H14BrF3N4O. The Morgan fingerprint density at radius 1 is 1.28 bits per heavy atom. The van der Waals surface area contributed by atoms with Crippen LogP contribution in [0.4, 0.5) is 18.9 Å². The Hall–Kier alpha value is -2.94. The van der Waals surface area contributed by atoms with E-state index in [4.69, 9.17) is 0 Å². The third kappa shape index (κ3) is 3.57. The van der Waals surface area contributed by atoms with Crippen molar-refractivity contribution in [3.63, 3.8) is 0 Å². The van der Waals surface area contributed by atoms with E-state index in [1.54, 1.807) is 37.3 Å². The Bertz CT molecular complexity index is 1160. The number of nitrogens with one attached hydrogen (secondary N) is 1. The number of halogens is 4. The highest BCUT2D eigenvalue weighted by Crippen LogP contribution is 2.28. The Labute approximate surface area is 172 Å². The van der Waals surface area contributed by atoms with Crippen LogP contribution in [0, 0.1) is 12.7 Å². The molecule has 1 aliphatic rings. The lowest BCUT2D eigenvalue weighted by Gasteiger charge is -2.11. The summed E-state index contributed by atoms with van der Waals surface area (Å²) in [6.45, 7) is -0.685. The average Bonchev–Trinajstić information content (AvgIpc) is 3.31. The van der Waals surface area contributed by atoms with Crippen LogP contribution in [-0.4, -0.2) is 21.4 Å². The summed E-state index contributed by atoms with van der Waals surface area (Å²) in [5, 5.41) is 6.34. The Balaban J connectivity index is 1.63. The van der Waals surface area contributed by atoms with Gasteiger partial charge in [0.15, 0.2) is 0 Å². The number of hydrogen-bond acceptors (Lipinski definition) is 3. The smallest absolute Gasteiger partial charge is 0.322 e. The van der Waals surface area contributed by atoms with Crippen molar-refractivity contribution in [3.8, 4) is 0 Å². The van der Waals surface area contributed by atoms with Crippen LogP contribution >= 0.6 is 15.9 Å². The molecule has 0 bridgehead atoms. The van der Waals surface area contributed by atoms with E-state index in [1.165, 1.54) is 12.4 Å². The van der Waals surface area contributed by atoms with Crippen molar-refractivity contribution in [1.29, 1.82) is 0 Å². The molecule has 0 fully saturated rings. The molecule has 29 heavy (non-hydrogen) atoms. The van der Waals surface area contributed by atoms with Crippen molar-refractivity contribution in [2.24, 2.45) is 4.99 Å². The Morgan fingerprint density at radius 3 is 2.79 bits per heavy atom. The molecule has 2 aromatic carbocycles. The molecule has 0 atom stereocenters. The number of amides is 1. The zero-order valence-electron chi connectivity index (χ0n) is 15.1. The molecule has 1 aromatic heterocycles. The molecule has 148 valence electrons. The molecule has 0 saturated heterocycles. The first-order chi connectivity index (χ1) is 13.8. The monoisotopic (exact) mass is 462 g/mol. The maximum absolute atomic E-state index is 14.4. The van der Waals surface area contributed by atoms with E-state index in [-0.39, 0.29) is 10.0 Å². The first-order valence-corrected chi connectivity index (χ1v) is 9.41. The number of nitrogens with zero attached hydrogens (tertiary/aromatic N) is 3. The van der Waals surface area contributed by atoms with Gasteiger partial charge in [0.2, 0.25) is 0 Å². The standard InChI is InChI=1S/C20H14BrF3N4O/c1-10-2-5-15(21)17(22)16(10)19(29)27-13-4-3-11-7-25-18(14(11)6-13)12-8-26-28(9-12)20(23)24/h2-6,8-9,20H,7H2,1H3,(H,27,29). The summed E-state index contributed by atoms with van der Waals surface area (Å²) in [4.78, 5) is 17.0. The van der Waals surface area contributed by atoms with Gasteiger partial charge in [0.05, 0.1) is 28.5 Å². The topological polar surface area (TPSA) is 59.3 Å². The van der Waals surface area contributed by atoms with Gasteiger partial charge in [-0.25, -0.2) is 9.07 Å². The van der Waals surface area contributed by atoms with Gasteiger partial charge in [-0.1, -0.05) is 12.1 Å². The lowest BCUT2D eigenvalue weighted by Crippen LogP contribution is -2.16.